The highest BCUT2D eigenvalue weighted by atomic mass is 19.1. The van der Waals surface area contributed by atoms with E-state index in [1.807, 2.05) is 6.92 Å². The molecule has 0 aliphatic rings. The number of rotatable bonds is 7. The minimum atomic E-state index is -0.538. The fraction of sp³-hybridized carbons (Fsp3) is 0.333. The molecule has 0 saturated carbocycles. The van der Waals surface area contributed by atoms with Crippen molar-refractivity contribution in [2.75, 3.05) is 31.4 Å². The highest BCUT2D eigenvalue weighted by molar-refractivity contribution is 5.62. The Hall–Kier alpha value is -2.57. The number of nitrogens with one attached hydrogen (secondary N) is 2. The molecule has 0 unspecified atom stereocenters. The first-order chi connectivity index (χ1) is 10.7. The Balaban J connectivity index is 2.25. The van der Waals surface area contributed by atoms with Crippen molar-refractivity contribution in [3.63, 3.8) is 0 Å². The maximum absolute atomic E-state index is 13.9. The van der Waals surface area contributed by atoms with E-state index in [-0.39, 0.29) is 5.82 Å². The van der Waals surface area contributed by atoms with Crippen LogP contribution in [0.2, 0.25) is 0 Å². The molecule has 22 heavy (non-hydrogen) atoms. The Morgan fingerprint density at radius 2 is 1.82 bits per heavy atom. The van der Waals surface area contributed by atoms with E-state index in [2.05, 4.69) is 20.6 Å². The molecule has 2 rings (SSSR count). The summed E-state index contributed by atoms with van der Waals surface area (Å²) in [5.74, 6) is 1.12. The summed E-state index contributed by atoms with van der Waals surface area (Å²) in [7, 11) is 3.10. The van der Waals surface area contributed by atoms with Crippen molar-refractivity contribution in [3.8, 4) is 11.5 Å². The fourth-order valence-corrected chi connectivity index (χ4v) is 1.79. The van der Waals surface area contributed by atoms with Crippen LogP contribution in [-0.4, -0.2) is 30.7 Å². The van der Waals surface area contributed by atoms with Crippen LogP contribution in [0.15, 0.2) is 24.4 Å². The van der Waals surface area contributed by atoms with E-state index < -0.39 is 5.82 Å². The van der Waals surface area contributed by atoms with Crippen molar-refractivity contribution < 1.29 is 13.9 Å². The average molecular weight is 306 g/mol. The molecule has 118 valence electrons. The summed E-state index contributed by atoms with van der Waals surface area (Å²) in [5, 5.41) is 5.93. The first-order valence-corrected chi connectivity index (χ1v) is 6.92. The highest BCUT2D eigenvalue weighted by Gasteiger charge is 2.09. The Kier molecular flexibility index (Phi) is 5.35. The van der Waals surface area contributed by atoms with Gasteiger partial charge in [0, 0.05) is 30.4 Å². The zero-order valence-electron chi connectivity index (χ0n) is 12.8. The number of halogens is 1. The lowest BCUT2D eigenvalue weighted by atomic mass is 10.2. The van der Waals surface area contributed by atoms with E-state index in [4.69, 9.17) is 9.47 Å². The van der Waals surface area contributed by atoms with E-state index in [0.717, 1.165) is 19.2 Å². The molecule has 0 aliphatic heterocycles. The summed E-state index contributed by atoms with van der Waals surface area (Å²) in [6, 6.07) is 5.18. The van der Waals surface area contributed by atoms with Crippen molar-refractivity contribution in [3.05, 3.63) is 30.2 Å². The van der Waals surface area contributed by atoms with Gasteiger partial charge < -0.3 is 20.1 Å². The maximum atomic E-state index is 13.9. The molecule has 0 aliphatic carbocycles. The number of hydrogen-bond acceptors (Lipinski definition) is 6. The number of aromatic nitrogens is 2. The second kappa shape index (κ2) is 7.44. The molecule has 0 radical (unpaired) electrons. The van der Waals surface area contributed by atoms with Crippen LogP contribution in [0.25, 0.3) is 0 Å². The molecular formula is C15H19FN4O2. The van der Waals surface area contributed by atoms with Crippen molar-refractivity contribution in [2.24, 2.45) is 0 Å². The molecule has 2 aromatic rings. The second-order valence-corrected chi connectivity index (χ2v) is 4.54. The molecule has 0 spiro atoms. The molecule has 0 fully saturated rings. The molecule has 0 atom stereocenters. The molecule has 0 amide bonds. The third kappa shape index (κ3) is 3.97. The molecular weight excluding hydrogens is 287 g/mol. The first-order valence-electron chi connectivity index (χ1n) is 6.92. The highest BCUT2D eigenvalue weighted by Crippen LogP contribution is 2.28. The van der Waals surface area contributed by atoms with Crippen LogP contribution in [0.4, 0.5) is 21.8 Å². The predicted molar refractivity (Wildman–Crippen MR) is 83.6 cm³/mol. The quantitative estimate of drug-likeness (QED) is 0.819. The summed E-state index contributed by atoms with van der Waals surface area (Å²) >= 11 is 0. The Morgan fingerprint density at radius 1 is 1.14 bits per heavy atom. The Bertz CT molecular complexity index is 615. The third-order valence-corrected chi connectivity index (χ3v) is 2.89. The third-order valence-electron chi connectivity index (χ3n) is 2.89. The number of anilines is 3. The van der Waals surface area contributed by atoms with Crippen molar-refractivity contribution in [2.45, 2.75) is 13.3 Å². The summed E-state index contributed by atoms with van der Waals surface area (Å²) in [5.41, 5.74) is 0.607. The van der Waals surface area contributed by atoms with Gasteiger partial charge in [0.2, 0.25) is 5.95 Å². The topological polar surface area (TPSA) is 68.3 Å². The largest absolute Gasteiger partial charge is 0.497 e. The molecule has 1 aromatic heterocycles. The van der Waals surface area contributed by atoms with Crippen LogP contribution in [-0.2, 0) is 0 Å². The zero-order valence-corrected chi connectivity index (χ0v) is 12.8. The predicted octanol–water partition coefficient (Wildman–Crippen LogP) is 3.20. The molecule has 7 heteroatoms. The summed E-state index contributed by atoms with van der Waals surface area (Å²) < 4.78 is 24.2. The smallest absolute Gasteiger partial charge is 0.224 e. The first kappa shape index (κ1) is 15.8. The van der Waals surface area contributed by atoms with Gasteiger partial charge in [0.05, 0.1) is 20.4 Å². The average Bonchev–Trinajstić information content (AvgIpc) is 2.55. The van der Waals surface area contributed by atoms with Crippen LogP contribution >= 0.6 is 0 Å². The van der Waals surface area contributed by atoms with Gasteiger partial charge >= 0.3 is 0 Å². The number of hydrogen-bond donors (Lipinski definition) is 2. The van der Waals surface area contributed by atoms with Gasteiger partial charge in [0.15, 0.2) is 11.6 Å². The SMILES string of the molecule is CCCNc1ncc(F)c(Nc2cc(OC)cc(OC)c2)n1. The van der Waals surface area contributed by atoms with Crippen molar-refractivity contribution in [1.29, 1.82) is 0 Å². The lowest BCUT2D eigenvalue weighted by Gasteiger charge is -2.11. The van der Waals surface area contributed by atoms with Crippen molar-refractivity contribution in [1.82, 2.24) is 9.97 Å². The van der Waals surface area contributed by atoms with Crippen LogP contribution in [0, 0.1) is 5.82 Å². The number of nitrogens with zero attached hydrogens (tertiary/aromatic N) is 2. The molecule has 0 bridgehead atoms. The molecule has 1 aromatic carbocycles. The maximum Gasteiger partial charge on any atom is 0.224 e. The standard InChI is InChI=1S/C15H19FN4O2/c1-4-5-17-15-18-9-13(16)14(20-15)19-10-6-11(21-2)8-12(7-10)22-3/h6-9H,4-5H2,1-3H3,(H2,17,18,19,20). The van der Waals surface area contributed by atoms with Crippen LogP contribution in [0.3, 0.4) is 0 Å². The van der Waals surface area contributed by atoms with E-state index in [9.17, 15) is 4.39 Å². The van der Waals surface area contributed by atoms with E-state index in [1.165, 1.54) is 0 Å². The second-order valence-electron chi connectivity index (χ2n) is 4.54. The van der Waals surface area contributed by atoms with Gasteiger partial charge in [-0.05, 0) is 6.42 Å². The van der Waals surface area contributed by atoms with Gasteiger partial charge in [-0.2, -0.15) is 4.98 Å². The Morgan fingerprint density at radius 3 is 2.41 bits per heavy atom. The van der Waals surface area contributed by atoms with E-state index in [0.29, 0.717) is 23.1 Å². The molecule has 0 saturated heterocycles. The van der Waals surface area contributed by atoms with Gasteiger partial charge in [0.25, 0.3) is 0 Å². The molecule has 2 N–H and O–H groups in total. The van der Waals surface area contributed by atoms with E-state index in [1.54, 1.807) is 32.4 Å². The lowest BCUT2D eigenvalue weighted by molar-refractivity contribution is 0.395. The zero-order chi connectivity index (χ0) is 15.9. The fourth-order valence-electron chi connectivity index (χ4n) is 1.79. The monoisotopic (exact) mass is 306 g/mol. The van der Waals surface area contributed by atoms with Gasteiger partial charge in [0.1, 0.15) is 11.5 Å². The number of methoxy groups -OCH3 is 2. The lowest BCUT2D eigenvalue weighted by Crippen LogP contribution is -2.07. The van der Waals surface area contributed by atoms with Gasteiger partial charge in [-0.15, -0.1) is 0 Å². The summed E-state index contributed by atoms with van der Waals surface area (Å²) in [6.45, 7) is 2.75. The van der Waals surface area contributed by atoms with Crippen LogP contribution in [0.5, 0.6) is 11.5 Å². The number of benzene rings is 1. The van der Waals surface area contributed by atoms with Crippen molar-refractivity contribution >= 4 is 17.5 Å². The summed E-state index contributed by atoms with van der Waals surface area (Å²) in [6.07, 6.45) is 2.06. The van der Waals surface area contributed by atoms with Crippen LogP contribution in [0.1, 0.15) is 13.3 Å². The molecule has 1 heterocycles. The molecule has 6 nitrogen and oxygen atoms in total. The van der Waals surface area contributed by atoms with Gasteiger partial charge in [-0.25, -0.2) is 9.37 Å². The van der Waals surface area contributed by atoms with Gasteiger partial charge in [-0.1, -0.05) is 6.92 Å². The Labute approximate surface area is 128 Å². The van der Waals surface area contributed by atoms with E-state index >= 15 is 0 Å². The summed E-state index contributed by atoms with van der Waals surface area (Å²) in [4.78, 5) is 8.03. The minimum Gasteiger partial charge on any atom is -0.497 e. The number of ether oxygens (including phenoxy) is 2. The van der Waals surface area contributed by atoms with Crippen LogP contribution < -0.4 is 20.1 Å². The minimum absolute atomic E-state index is 0.0870. The van der Waals surface area contributed by atoms with Gasteiger partial charge in [-0.3, -0.25) is 0 Å². The normalized spacial score (nSPS) is 10.2.